The highest BCUT2D eigenvalue weighted by molar-refractivity contribution is 7.17. The molecule has 0 amide bonds. The van der Waals surface area contributed by atoms with Crippen molar-refractivity contribution >= 4 is 33.9 Å². The van der Waals surface area contributed by atoms with Crippen molar-refractivity contribution in [2.75, 3.05) is 6.61 Å². The van der Waals surface area contributed by atoms with Crippen LogP contribution < -0.4 is 4.74 Å². The maximum Gasteiger partial charge on any atom is 0.338 e. The summed E-state index contributed by atoms with van der Waals surface area (Å²) in [5.41, 5.74) is 0.388. The summed E-state index contributed by atoms with van der Waals surface area (Å²) in [7, 11) is 0. The van der Waals surface area contributed by atoms with E-state index in [9.17, 15) is 9.59 Å². The van der Waals surface area contributed by atoms with E-state index in [1.165, 1.54) is 17.4 Å². The molecule has 0 fully saturated rings. The second-order valence-corrected chi connectivity index (χ2v) is 4.19. The number of carbonyl (C=O) groups excluding carboxylic acids is 2. The lowest BCUT2D eigenvalue weighted by Gasteiger charge is -2.05. The maximum absolute atomic E-state index is 11.6. The number of carbonyl (C=O) groups is 2. The highest BCUT2D eigenvalue weighted by atomic mass is 32.1. The van der Waals surface area contributed by atoms with Crippen LogP contribution in [-0.4, -0.2) is 19.0 Å². The van der Waals surface area contributed by atoms with Gasteiger partial charge in [0.15, 0.2) is 0 Å². The lowest BCUT2D eigenvalue weighted by molar-refractivity contribution is -0.120. The molecule has 102 valence electrons. The summed E-state index contributed by atoms with van der Waals surface area (Å²) in [6.45, 7) is 6.40. The first kappa shape index (κ1) is 15.2. The first-order valence-corrected chi connectivity index (χ1v) is 6.93. The minimum atomic E-state index is -0.418. The van der Waals surface area contributed by atoms with E-state index in [4.69, 9.17) is 9.47 Å². The highest BCUT2D eigenvalue weighted by Crippen LogP contribution is 2.31. The number of hydrogen-bond acceptors (Lipinski definition) is 5. The second-order valence-electron chi connectivity index (χ2n) is 3.24. The van der Waals surface area contributed by atoms with E-state index in [1.807, 2.05) is 25.3 Å². The van der Waals surface area contributed by atoms with Gasteiger partial charge in [-0.3, -0.25) is 4.79 Å². The molecule has 0 N–H and O–H groups in total. The summed E-state index contributed by atoms with van der Waals surface area (Å²) in [5.74, 6) is -0.0413. The minimum Gasteiger partial charge on any atom is -0.462 e. The van der Waals surface area contributed by atoms with Gasteiger partial charge in [-0.15, -0.1) is 11.3 Å². The molecule has 2 aromatic rings. The molecular formula is C14H16O4S. The van der Waals surface area contributed by atoms with Crippen molar-refractivity contribution in [2.45, 2.75) is 20.8 Å². The molecule has 0 saturated carbocycles. The zero-order valence-electron chi connectivity index (χ0n) is 11.1. The van der Waals surface area contributed by atoms with Crippen LogP contribution in [0.2, 0.25) is 0 Å². The topological polar surface area (TPSA) is 52.6 Å². The average molecular weight is 280 g/mol. The Bertz CT molecular complexity index is 560. The van der Waals surface area contributed by atoms with E-state index in [0.29, 0.717) is 24.4 Å². The Morgan fingerprint density at radius 1 is 1.37 bits per heavy atom. The van der Waals surface area contributed by atoms with Crippen molar-refractivity contribution < 1.29 is 19.1 Å². The van der Waals surface area contributed by atoms with Crippen LogP contribution in [0.4, 0.5) is 0 Å². The Labute approximate surface area is 115 Å². The van der Waals surface area contributed by atoms with Gasteiger partial charge in [0.2, 0.25) is 0 Å². The Kier molecular flexibility index (Phi) is 6.02. The molecule has 0 saturated heterocycles. The standard InChI is InChI=1S/C12H10O4S.C2H6/c1-2-15-12(14)8-5-10(16-7-13)9-3-4-17-11(9)6-8;1-2/h3-7H,2H2,1H3;1-2H3. The molecule has 0 atom stereocenters. The van der Waals surface area contributed by atoms with E-state index in [0.717, 1.165) is 10.1 Å². The third-order valence-electron chi connectivity index (χ3n) is 2.22. The van der Waals surface area contributed by atoms with Crippen molar-refractivity contribution in [1.82, 2.24) is 0 Å². The average Bonchev–Trinajstić information content (AvgIpc) is 2.90. The molecule has 0 aliphatic carbocycles. The van der Waals surface area contributed by atoms with Gasteiger partial charge in [-0.1, -0.05) is 13.8 Å². The van der Waals surface area contributed by atoms with Gasteiger partial charge in [0.05, 0.1) is 12.2 Å². The van der Waals surface area contributed by atoms with Crippen LogP contribution >= 0.6 is 11.3 Å². The van der Waals surface area contributed by atoms with Gasteiger partial charge in [0, 0.05) is 10.1 Å². The summed E-state index contributed by atoms with van der Waals surface area (Å²) < 4.78 is 10.7. The maximum atomic E-state index is 11.6. The van der Waals surface area contributed by atoms with Gasteiger partial charge in [-0.25, -0.2) is 4.79 Å². The van der Waals surface area contributed by atoms with Crippen LogP contribution in [0.5, 0.6) is 5.75 Å². The molecule has 0 unspecified atom stereocenters. The smallest absolute Gasteiger partial charge is 0.338 e. The molecule has 2 rings (SSSR count). The van der Waals surface area contributed by atoms with Gasteiger partial charge in [0.25, 0.3) is 6.47 Å². The van der Waals surface area contributed by atoms with E-state index < -0.39 is 5.97 Å². The quantitative estimate of drug-likeness (QED) is 0.634. The molecule has 0 spiro atoms. The third kappa shape index (κ3) is 3.54. The molecule has 0 bridgehead atoms. The fourth-order valence-corrected chi connectivity index (χ4v) is 2.36. The van der Waals surface area contributed by atoms with Crippen LogP contribution in [-0.2, 0) is 9.53 Å². The van der Waals surface area contributed by atoms with Crippen molar-refractivity contribution in [3.8, 4) is 5.75 Å². The second kappa shape index (κ2) is 7.53. The summed E-state index contributed by atoms with van der Waals surface area (Å²) in [5, 5.41) is 2.69. The van der Waals surface area contributed by atoms with Crippen molar-refractivity contribution in [3.63, 3.8) is 0 Å². The predicted molar refractivity (Wildman–Crippen MR) is 75.8 cm³/mol. The molecule has 19 heavy (non-hydrogen) atoms. The van der Waals surface area contributed by atoms with E-state index in [2.05, 4.69) is 0 Å². The Balaban J connectivity index is 0.000000861. The normalized spacial score (nSPS) is 9.42. The van der Waals surface area contributed by atoms with E-state index >= 15 is 0 Å². The zero-order chi connectivity index (χ0) is 14.3. The summed E-state index contributed by atoms with van der Waals surface area (Å²) in [6, 6.07) is 5.09. The molecule has 0 radical (unpaired) electrons. The third-order valence-corrected chi connectivity index (χ3v) is 3.08. The van der Waals surface area contributed by atoms with Crippen LogP contribution in [0.15, 0.2) is 23.6 Å². The van der Waals surface area contributed by atoms with Crippen LogP contribution in [0.1, 0.15) is 31.1 Å². The number of benzene rings is 1. The Morgan fingerprint density at radius 2 is 2.11 bits per heavy atom. The monoisotopic (exact) mass is 280 g/mol. The van der Waals surface area contributed by atoms with Gasteiger partial charge < -0.3 is 9.47 Å². The lowest BCUT2D eigenvalue weighted by Crippen LogP contribution is -2.04. The molecule has 1 heterocycles. The van der Waals surface area contributed by atoms with E-state index in [1.54, 1.807) is 13.0 Å². The molecule has 0 aliphatic rings. The molecule has 5 heteroatoms. The highest BCUT2D eigenvalue weighted by Gasteiger charge is 2.12. The van der Waals surface area contributed by atoms with Gasteiger partial charge in [-0.2, -0.15) is 0 Å². The number of ether oxygens (including phenoxy) is 2. The van der Waals surface area contributed by atoms with Crippen molar-refractivity contribution in [3.05, 3.63) is 29.1 Å². The Morgan fingerprint density at radius 3 is 2.74 bits per heavy atom. The summed E-state index contributed by atoms with van der Waals surface area (Å²) >= 11 is 1.47. The molecule has 4 nitrogen and oxygen atoms in total. The first-order chi connectivity index (χ1) is 9.26. The molecule has 0 aliphatic heterocycles. The van der Waals surface area contributed by atoms with Crippen molar-refractivity contribution in [1.29, 1.82) is 0 Å². The molecular weight excluding hydrogens is 264 g/mol. The number of thiophene rings is 1. The van der Waals surface area contributed by atoms with Gasteiger partial charge in [-0.05, 0) is 30.5 Å². The fourth-order valence-electron chi connectivity index (χ4n) is 1.52. The predicted octanol–water partition coefficient (Wildman–Crippen LogP) is 3.64. The van der Waals surface area contributed by atoms with Crippen LogP contribution in [0.3, 0.4) is 0 Å². The van der Waals surface area contributed by atoms with Crippen LogP contribution in [0.25, 0.3) is 10.1 Å². The largest absolute Gasteiger partial charge is 0.462 e. The number of hydrogen-bond donors (Lipinski definition) is 0. The van der Waals surface area contributed by atoms with Gasteiger partial charge >= 0.3 is 5.97 Å². The Hall–Kier alpha value is -1.88. The molecule has 1 aromatic heterocycles. The SMILES string of the molecule is CC.CCOC(=O)c1cc(OC=O)c2ccsc2c1. The lowest BCUT2D eigenvalue weighted by atomic mass is 10.1. The summed E-state index contributed by atoms with van der Waals surface area (Å²) in [4.78, 5) is 22.0. The van der Waals surface area contributed by atoms with Gasteiger partial charge in [0.1, 0.15) is 5.75 Å². The van der Waals surface area contributed by atoms with Crippen LogP contribution in [0, 0.1) is 0 Å². The van der Waals surface area contributed by atoms with Crippen molar-refractivity contribution in [2.24, 2.45) is 0 Å². The number of esters is 1. The summed E-state index contributed by atoms with van der Waals surface area (Å²) in [6.07, 6.45) is 0. The minimum absolute atomic E-state index is 0.311. The fraction of sp³-hybridized carbons (Fsp3) is 0.286. The molecule has 1 aromatic carbocycles. The first-order valence-electron chi connectivity index (χ1n) is 6.05. The number of fused-ring (bicyclic) bond motifs is 1. The number of rotatable bonds is 4. The van der Waals surface area contributed by atoms with E-state index in [-0.39, 0.29) is 0 Å². The zero-order valence-corrected chi connectivity index (χ0v) is 12.0.